The Morgan fingerprint density at radius 3 is 2.86 bits per heavy atom. The standard InChI is InChI=1S/C20H27N5O2S/c1-5-25-17(14-7-6-10-27-14)23-24-18(25)28-12-16(26)22-21-15-11-13-8-9-20(15,4)19(13,2)3/h6-7,10,13H,5,8-9,11-12H2,1-4H3,(H,22,26)/b21-15+/t13-,20-/m0/s1. The van der Waals surface area contributed by atoms with E-state index in [-0.39, 0.29) is 22.5 Å². The minimum Gasteiger partial charge on any atom is -0.461 e. The highest BCUT2D eigenvalue weighted by atomic mass is 32.2. The van der Waals surface area contributed by atoms with Crippen LogP contribution in [0.5, 0.6) is 0 Å². The van der Waals surface area contributed by atoms with Crippen molar-refractivity contribution in [2.24, 2.45) is 21.8 Å². The van der Waals surface area contributed by atoms with Crippen LogP contribution in [0.4, 0.5) is 0 Å². The Hall–Kier alpha value is -2.09. The van der Waals surface area contributed by atoms with Crippen LogP contribution in [0.3, 0.4) is 0 Å². The number of carbonyl (C=O) groups excluding carboxylic acids is 1. The van der Waals surface area contributed by atoms with Gasteiger partial charge in [0.1, 0.15) is 0 Å². The lowest BCUT2D eigenvalue weighted by Gasteiger charge is -2.34. The molecule has 2 bridgehead atoms. The summed E-state index contributed by atoms with van der Waals surface area (Å²) < 4.78 is 7.36. The molecule has 2 atom stereocenters. The van der Waals surface area contributed by atoms with Gasteiger partial charge in [-0.2, -0.15) is 5.10 Å². The summed E-state index contributed by atoms with van der Waals surface area (Å²) in [5.74, 6) is 2.14. The Bertz CT molecular complexity index is 902. The van der Waals surface area contributed by atoms with E-state index in [1.165, 1.54) is 18.2 Å². The highest BCUT2D eigenvalue weighted by Crippen LogP contribution is 2.63. The molecule has 0 aromatic carbocycles. The molecule has 0 radical (unpaired) electrons. The molecule has 28 heavy (non-hydrogen) atoms. The molecule has 7 nitrogen and oxygen atoms in total. The Kier molecular flexibility index (Phi) is 4.85. The second-order valence-electron chi connectivity index (χ2n) is 8.40. The van der Waals surface area contributed by atoms with Crippen LogP contribution in [-0.4, -0.2) is 32.1 Å². The van der Waals surface area contributed by atoms with Gasteiger partial charge in [-0.3, -0.25) is 9.36 Å². The Morgan fingerprint density at radius 2 is 2.25 bits per heavy atom. The lowest BCUT2D eigenvalue weighted by molar-refractivity contribution is -0.118. The summed E-state index contributed by atoms with van der Waals surface area (Å²) in [6.45, 7) is 9.67. The van der Waals surface area contributed by atoms with E-state index in [9.17, 15) is 4.79 Å². The molecule has 1 amide bonds. The Balaban J connectivity index is 1.38. The third-order valence-electron chi connectivity index (χ3n) is 6.93. The van der Waals surface area contributed by atoms with Gasteiger partial charge in [-0.25, -0.2) is 5.43 Å². The molecule has 0 saturated heterocycles. The van der Waals surface area contributed by atoms with Gasteiger partial charge >= 0.3 is 0 Å². The molecule has 2 heterocycles. The molecule has 150 valence electrons. The number of aromatic nitrogens is 3. The summed E-state index contributed by atoms with van der Waals surface area (Å²) in [4.78, 5) is 12.4. The number of hydrogen-bond acceptors (Lipinski definition) is 6. The van der Waals surface area contributed by atoms with E-state index in [2.05, 4.69) is 41.5 Å². The number of furan rings is 1. The smallest absolute Gasteiger partial charge is 0.250 e. The van der Waals surface area contributed by atoms with Crippen LogP contribution in [0, 0.1) is 16.7 Å². The maximum atomic E-state index is 12.4. The number of carbonyl (C=O) groups is 1. The van der Waals surface area contributed by atoms with Crippen molar-refractivity contribution in [2.45, 2.75) is 58.7 Å². The highest BCUT2D eigenvalue weighted by Gasteiger charge is 2.60. The summed E-state index contributed by atoms with van der Waals surface area (Å²) in [6.07, 6.45) is 5.02. The molecule has 8 heteroatoms. The molecule has 2 aromatic rings. The van der Waals surface area contributed by atoms with Crippen molar-refractivity contribution < 1.29 is 9.21 Å². The average Bonchev–Trinajstić information content (AvgIpc) is 3.41. The zero-order valence-electron chi connectivity index (χ0n) is 16.9. The number of rotatable bonds is 6. The summed E-state index contributed by atoms with van der Waals surface area (Å²) >= 11 is 1.36. The second kappa shape index (κ2) is 7.06. The minimum absolute atomic E-state index is 0.0957. The Morgan fingerprint density at radius 1 is 1.43 bits per heavy atom. The molecule has 2 aliphatic rings. The summed E-state index contributed by atoms with van der Waals surface area (Å²) in [5.41, 5.74) is 4.26. The number of amides is 1. The fraction of sp³-hybridized carbons (Fsp3) is 0.600. The summed E-state index contributed by atoms with van der Waals surface area (Å²) in [5, 5.41) is 13.6. The first-order valence-corrected chi connectivity index (χ1v) is 10.8. The number of hydrogen-bond donors (Lipinski definition) is 1. The van der Waals surface area contributed by atoms with Crippen LogP contribution in [0.25, 0.3) is 11.6 Å². The third kappa shape index (κ3) is 2.98. The molecule has 0 unspecified atom stereocenters. The van der Waals surface area contributed by atoms with Crippen LogP contribution in [0.2, 0.25) is 0 Å². The number of nitrogens with one attached hydrogen (secondary N) is 1. The van der Waals surface area contributed by atoms with Gasteiger partial charge in [0, 0.05) is 17.7 Å². The summed E-state index contributed by atoms with van der Waals surface area (Å²) in [7, 11) is 0. The number of hydrazone groups is 1. The summed E-state index contributed by atoms with van der Waals surface area (Å²) in [6, 6.07) is 3.67. The monoisotopic (exact) mass is 401 g/mol. The molecule has 2 aromatic heterocycles. The minimum atomic E-state index is -0.119. The van der Waals surface area contributed by atoms with Gasteiger partial charge in [0.25, 0.3) is 5.91 Å². The van der Waals surface area contributed by atoms with Crippen LogP contribution in [0.15, 0.2) is 33.1 Å². The number of nitrogens with zero attached hydrogens (tertiary/aromatic N) is 4. The fourth-order valence-corrected chi connectivity index (χ4v) is 5.45. The zero-order chi connectivity index (χ0) is 19.9. The van der Waals surface area contributed by atoms with E-state index >= 15 is 0 Å². The molecule has 2 aliphatic carbocycles. The predicted molar refractivity (Wildman–Crippen MR) is 109 cm³/mol. The molecule has 0 spiro atoms. The maximum absolute atomic E-state index is 12.4. The molecule has 1 N–H and O–H groups in total. The topological polar surface area (TPSA) is 85.3 Å². The van der Waals surface area contributed by atoms with Crippen LogP contribution in [0.1, 0.15) is 47.0 Å². The highest BCUT2D eigenvalue weighted by molar-refractivity contribution is 7.99. The predicted octanol–water partition coefficient (Wildman–Crippen LogP) is 3.97. The first-order chi connectivity index (χ1) is 13.4. The second-order valence-corrected chi connectivity index (χ2v) is 9.35. The molecule has 2 saturated carbocycles. The van der Waals surface area contributed by atoms with Crippen LogP contribution < -0.4 is 5.43 Å². The zero-order valence-corrected chi connectivity index (χ0v) is 17.7. The van der Waals surface area contributed by atoms with Crippen molar-refractivity contribution in [1.29, 1.82) is 0 Å². The van der Waals surface area contributed by atoms with Crippen molar-refractivity contribution >= 4 is 23.4 Å². The van der Waals surface area contributed by atoms with E-state index in [0.29, 0.717) is 29.2 Å². The Labute approximate surface area is 169 Å². The molecular formula is C20H27N5O2S. The maximum Gasteiger partial charge on any atom is 0.250 e. The van der Waals surface area contributed by atoms with Crippen molar-refractivity contribution in [1.82, 2.24) is 20.2 Å². The normalized spacial score (nSPS) is 26.9. The van der Waals surface area contributed by atoms with Crippen LogP contribution in [-0.2, 0) is 11.3 Å². The van der Waals surface area contributed by atoms with Gasteiger partial charge in [-0.1, -0.05) is 32.5 Å². The first kappa shape index (κ1) is 19.2. The molecular weight excluding hydrogens is 374 g/mol. The van der Waals surface area contributed by atoms with Crippen molar-refractivity contribution in [2.75, 3.05) is 5.75 Å². The largest absolute Gasteiger partial charge is 0.461 e. The van der Waals surface area contributed by atoms with Gasteiger partial charge in [-0.05, 0) is 49.7 Å². The van der Waals surface area contributed by atoms with Crippen molar-refractivity contribution in [3.05, 3.63) is 18.4 Å². The van der Waals surface area contributed by atoms with Crippen LogP contribution >= 0.6 is 11.8 Å². The fourth-order valence-electron chi connectivity index (χ4n) is 4.66. The van der Waals surface area contributed by atoms with Gasteiger partial charge < -0.3 is 4.42 Å². The van der Waals surface area contributed by atoms with Crippen molar-refractivity contribution in [3.8, 4) is 11.6 Å². The quantitative estimate of drug-likeness (QED) is 0.585. The van der Waals surface area contributed by atoms with Gasteiger partial charge in [0.2, 0.25) is 0 Å². The third-order valence-corrected chi connectivity index (χ3v) is 7.90. The van der Waals surface area contributed by atoms with E-state index in [4.69, 9.17) is 4.42 Å². The molecule has 0 aliphatic heterocycles. The number of fused-ring (bicyclic) bond motifs is 2. The van der Waals surface area contributed by atoms with Gasteiger partial charge in [-0.15, -0.1) is 10.2 Å². The van der Waals surface area contributed by atoms with Gasteiger partial charge in [0.15, 0.2) is 16.7 Å². The van der Waals surface area contributed by atoms with E-state index in [1.807, 2.05) is 23.6 Å². The van der Waals surface area contributed by atoms with E-state index < -0.39 is 0 Å². The van der Waals surface area contributed by atoms with E-state index in [1.54, 1.807) is 6.26 Å². The lowest BCUT2D eigenvalue weighted by Crippen LogP contribution is -2.34. The number of thioether (sulfide) groups is 1. The van der Waals surface area contributed by atoms with Crippen molar-refractivity contribution in [3.63, 3.8) is 0 Å². The first-order valence-electron chi connectivity index (χ1n) is 9.82. The van der Waals surface area contributed by atoms with Gasteiger partial charge in [0.05, 0.1) is 12.0 Å². The SMILES string of the molecule is CCn1c(SCC(=O)N/N=C2\C[C@@H]3CC[C@]2(C)C3(C)C)nnc1-c1ccco1. The molecule has 4 rings (SSSR count). The van der Waals surface area contributed by atoms with E-state index in [0.717, 1.165) is 18.6 Å². The molecule has 2 fully saturated rings. The lowest BCUT2D eigenvalue weighted by atomic mass is 9.70. The average molecular weight is 402 g/mol.